The molecule has 1 N–H and O–H groups in total. The molecule has 6 atom stereocenters. The average Bonchev–Trinajstić information content (AvgIpc) is 3.38. The Morgan fingerprint density at radius 1 is 1.15 bits per heavy atom. The maximum atomic E-state index is 14.4. The van der Waals surface area contributed by atoms with E-state index in [1.165, 1.54) is 4.90 Å². The Morgan fingerprint density at radius 2 is 1.79 bits per heavy atom. The lowest BCUT2D eigenvalue weighted by Gasteiger charge is -2.42. The summed E-state index contributed by atoms with van der Waals surface area (Å²) in [5.74, 6) is -2.38. The number of β-amino-alcohol motifs (C(OH)–C–C–N with tert-alkyl or cyclic N) is 1. The summed E-state index contributed by atoms with van der Waals surface area (Å²) in [6.07, 6.45) is 3.84. The van der Waals surface area contributed by atoms with Gasteiger partial charge < -0.3 is 24.5 Å². The summed E-state index contributed by atoms with van der Waals surface area (Å²) in [6.45, 7) is 18.2. The van der Waals surface area contributed by atoms with E-state index in [1.807, 2.05) is 65.0 Å². The molecule has 3 fully saturated rings. The third-order valence-corrected chi connectivity index (χ3v) is 8.92. The van der Waals surface area contributed by atoms with Gasteiger partial charge in [0.1, 0.15) is 11.6 Å². The molecule has 3 amide bonds. The molecule has 3 aliphatic rings. The van der Waals surface area contributed by atoms with Crippen molar-refractivity contribution in [3.05, 3.63) is 61.2 Å². The minimum absolute atomic E-state index is 0.00465. The number of hydrogen-bond acceptors (Lipinski definition) is 5. The van der Waals surface area contributed by atoms with Crippen LogP contribution in [0.15, 0.2) is 55.6 Å². The van der Waals surface area contributed by atoms with Crippen molar-refractivity contribution in [3.63, 3.8) is 0 Å². The fraction of sp³-hybridized carbons (Fsp3) is 0.581. The molecule has 3 unspecified atom stereocenters. The molecule has 212 valence electrons. The summed E-state index contributed by atoms with van der Waals surface area (Å²) in [4.78, 5) is 47.7. The molecule has 8 heteroatoms. The minimum atomic E-state index is -1.16. The number of rotatable bonds is 10. The lowest BCUT2D eigenvalue weighted by atomic mass is 9.62. The van der Waals surface area contributed by atoms with E-state index in [-0.39, 0.29) is 36.8 Å². The highest BCUT2D eigenvalue weighted by Crippen LogP contribution is 2.65. The molecule has 0 saturated carbocycles. The topological polar surface area (TPSA) is 90.4 Å². The van der Waals surface area contributed by atoms with Gasteiger partial charge in [-0.15, -0.1) is 13.2 Å². The highest BCUT2D eigenvalue weighted by Gasteiger charge is 2.80. The van der Waals surface area contributed by atoms with Crippen molar-refractivity contribution in [2.24, 2.45) is 17.8 Å². The molecule has 1 aromatic rings. The van der Waals surface area contributed by atoms with Crippen molar-refractivity contribution in [2.45, 2.75) is 70.4 Å². The number of aliphatic hydroxyl groups is 1. The standard InChI is InChI=1S/C31H43N3O5/c1-8-15-32(20-22-13-11-10-12-14-22)26(36)23-24-27(37)33(17-18-35)25(28(38)34(16-9-2)29(4,5)6)31(24)19-21(3)30(23,7)39-31/h8-14,21,23-25,35H,1-2,15-20H2,3-7H3/t21?,23-,24+,25?,30+,31?/m1/s1. The van der Waals surface area contributed by atoms with E-state index < -0.39 is 34.6 Å². The zero-order valence-corrected chi connectivity index (χ0v) is 23.9. The smallest absolute Gasteiger partial charge is 0.249 e. The molecule has 0 radical (unpaired) electrons. The predicted molar refractivity (Wildman–Crippen MR) is 149 cm³/mol. The van der Waals surface area contributed by atoms with E-state index >= 15 is 0 Å². The summed E-state index contributed by atoms with van der Waals surface area (Å²) in [5, 5.41) is 9.91. The fourth-order valence-electron chi connectivity index (χ4n) is 7.10. The summed E-state index contributed by atoms with van der Waals surface area (Å²) < 4.78 is 6.83. The van der Waals surface area contributed by atoms with Crippen molar-refractivity contribution in [2.75, 3.05) is 26.2 Å². The largest absolute Gasteiger partial charge is 0.395 e. The van der Waals surface area contributed by atoms with Gasteiger partial charge in [-0.3, -0.25) is 14.4 Å². The highest BCUT2D eigenvalue weighted by molar-refractivity contribution is 5.99. The van der Waals surface area contributed by atoms with Gasteiger partial charge in [-0.2, -0.15) is 0 Å². The zero-order valence-electron chi connectivity index (χ0n) is 23.9. The van der Waals surface area contributed by atoms with E-state index in [2.05, 4.69) is 13.2 Å². The molecule has 1 aromatic carbocycles. The molecule has 4 rings (SSSR count). The lowest BCUT2D eigenvalue weighted by Crippen LogP contribution is -2.60. The van der Waals surface area contributed by atoms with Gasteiger partial charge in [0.15, 0.2) is 0 Å². The Hall–Kier alpha value is -2.97. The van der Waals surface area contributed by atoms with Gasteiger partial charge in [-0.1, -0.05) is 49.4 Å². The van der Waals surface area contributed by atoms with E-state index in [1.54, 1.807) is 22.0 Å². The number of carbonyl (C=O) groups is 3. The van der Waals surface area contributed by atoms with Gasteiger partial charge in [0.05, 0.1) is 24.0 Å². The molecule has 3 heterocycles. The van der Waals surface area contributed by atoms with Gasteiger partial charge in [0.25, 0.3) is 0 Å². The molecule has 39 heavy (non-hydrogen) atoms. The van der Waals surface area contributed by atoms with Crippen molar-refractivity contribution >= 4 is 17.7 Å². The average molecular weight is 538 g/mol. The van der Waals surface area contributed by atoms with Crippen LogP contribution in [0.4, 0.5) is 0 Å². The second-order valence-corrected chi connectivity index (χ2v) is 12.4. The first-order valence-corrected chi connectivity index (χ1v) is 13.8. The van der Waals surface area contributed by atoms with Crippen molar-refractivity contribution in [1.82, 2.24) is 14.7 Å². The molecule has 8 nitrogen and oxygen atoms in total. The van der Waals surface area contributed by atoms with Crippen LogP contribution in [-0.4, -0.2) is 86.6 Å². The first-order valence-electron chi connectivity index (χ1n) is 13.8. The van der Waals surface area contributed by atoms with Gasteiger partial charge in [-0.25, -0.2) is 0 Å². The Balaban J connectivity index is 1.79. The van der Waals surface area contributed by atoms with E-state index in [0.717, 1.165) is 5.56 Å². The van der Waals surface area contributed by atoms with Crippen molar-refractivity contribution in [1.29, 1.82) is 0 Å². The number of benzene rings is 1. The second-order valence-electron chi connectivity index (χ2n) is 12.4. The SMILES string of the molecule is C=CCN(Cc1ccccc1)C(=O)[C@H]1[C@H]2C(=O)N(CCO)C(C(=O)N(CC=C)C(C)(C)C)C23CC(C)[C@]1(C)O3. The van der Waals surface area contributed by atoms with Crippen LogP contribution in [0.1, 0.15) is 46.6 Å². The quantitative estimate of drug-likeness (QED) is 0.464. The number of amides is 3. The Labute approximate surface area is 232 Å². The number of hydrogen-bond donors (Lipinski definition) is 1. The van der Waals surface area contributed by atoms with E-state index in [9.17, 15) is 19.5 Å². The number of nitrogens with zero attached hydrogens (tertiary/aromatic N) is 3. The summed E-state index contributed by atoms with van der Waals surface area (Å²) in [5.41, 5.74) is -1.63. The van der Waals surface area contributed by atoms with Crippen LogP contribution in [0.3, 0.4) is 0 Å². The summed E-state index contributed by atoms with van der Waals surface area (Å²) >= 11 is 0. The minimum Gasteiger partial charge on any atom is -0.395 e. The van der Waals surface area contributed by atoms with Crippen molar-refractivity contribution in [3.8, 4) is 0 Å². The number of fused-ring (bicyclic) bond motifs is 1. The van der Waals surface area contributed by atoms with Gasteiger partial charge in [0.2, 0.25) is 17.7 Å². The molecule has 1 spiro atoms. The van der Waals surface area contributed by atoms with E-state index in [0.29, 0.717) is 26.1 Å². The second kappa shape index (κ2) is 10.5. The molecule has 0 aromatic heterocycles. The first kappa shape index (κ1) is 29.0. The molecule has 0 aliphatic carbocycles. The molecular weight excluding hydrogens is 494 g/mol. The Kier molecular flexibility index (Phi) is 7.85. The van der Waals surface area contributed by atoms with Crippen LogP contribution in [0.2, 0.25) is 0 Å². The fourth-order valence-corrected chi connectivity index (χ4v) is 7.10. The summed E-state index contributed by atoms with van der Waals surface area (Å²) in [6, 6.07) is 8.77. The van der Waals surface area contributed by atoms with Crippen LogP contribution >= 0.6 is 0 Å². The van der Waals surface area contributed by atoms with Gasteiger partial charge in [-0.05, 0) is 45.6 Å². The Bertz CT molecular complexity index is 1130. The van der Waals surface area contributed by atoms with Crippen molar-refractivity contribution < 1.29 is 24.2 Å². The van der Waals surface area contributed by atoms with Gasteiger partial charge >= 0.3 is 0 Å². The molecular formula is C31H43N3O5. The zero-order chi connectivity index (χ0) is 28.8. The summed E-state index contributed by atoms with van der Waals surface area (Å²) in [7, 11) is 0. The third-order valence-electron chi connectivity index (χ3n) is 8.92. The van der Waals surface area contributed by atoms with Crippen LogP contribution in [0, 0.1) is 17.8 Å². The maximum Gasteiger partial charge on any atom is 0.249 e. The highest BCUT2D eigenvalue weighted by atomic mass is 16.5. The van der Waals surface area contributed by atoms with Crippen LogP contribution in [0.25, 0.3) is 0 Å². The number of aliphatic hydroxyl groups excluding tert-OH is 1. The third kappa shape index (κ3) is 4.61. The van der Waals surface area contributed by atoms with Crippen LogP contribution in [-0.2, 0) is 25.7 Å². The predicted octanol–water partition coefficient (Wildman–Crippen LogP) is 3.02. The Morgan fingerprint density at radius 3 is 2.36 bits per heavy atom. The monoisotopic (exact) mass is 537 g/mol. The lowest BCUT2D eigenvalue weighted by molar-refractivity contribution is -0.157. The number of carbonyl (C=O) groups excluding carboxylic acids is 3. The molecule has 2 bridgehead atoms. The normalized spacial score (nSPS) is 31.2. The first-order chi connectivity index (χ1) is 18.4. The van der Waals surface area contributed by atoms with Crippen LogP contribution < -0.4 is 0 Å². The van der Waals surface area contributed by atoms with Crippen LogP contribution in [0.5, 0.6) is 0 Å². The molecule has 3 saturated heterocycles. The molecule has 3 aliphatic heterocycles. The van der Waals surface area contributed by atoms with Gasteiger partial charge in [0, 0.05) is 31.7 Å². The maximum absolute atomic E-state index is 14.4. The number of likely N-dealkylation sites (tertiary alicyclic amines) is 1. The van der Waals surface area contributed by atoms with E-state index in [4.69, 9.17) is 4.74 Å². The number of ether oxygens (including phenoxy) is 1.